The first-order chi connectivity index (χ1) is 10.1. The second-order valence-electron chi connectivity index (χ2n) is 5.38. The molecule has 0 bridgehead atoms. The molecule has 0 saturated heterocycles. The molecule has 1 aliphatic carbocycles. The predicted molar refractivity (Wildman–Crippen MR) is 84.2 cm³/mol. The number of rotatable bonds is 3. The molecule has 21 heavy (non-hydrogen) atoms. The molecule has 0 aromatic heterocycles. The van der Waals surface area contributed by atoms with E-state index in [0.29, 0.717) is 0 Å². The molecule has 0 unspecified atom stereocenters. The third-order valence-electron chi connectivity index (χ3n) is 3.96. The minimum absolute atomic E-state index is 0.129. The number of carboxylic acid groups (broad SMARTS) is 1. The van der Waals surface area contributed by atoms with Crippen LogP contribution in [0.1, 0.15) is 34.3 Å². The van der Waals surface area contributed by atoms with Gasteiger partial charge in [0.2, 0.25) is 0 Å². The molecule has 4 N–H and O–H groups in total. The van der Waals surface area contributed by atoms with Crippen molar-refractivity contribution in [2.45, 2.75) is 25.7 Å². The van der Waals surface area contributed by atoms with Crippen LogP contribution in [0.25, 0.3) is 0 Å². The summed E-state index contributed by atoms with van der Waals surface area (Å²) in [4.78, 5) is 11.2. The van der Waals surface area contributed by atoms with E-state index in [1.807, 2.05) is 18.2 Å². The third kappa shape index (κ3) is 2.70. The molecule has 3 rings (SSSR count). The monoisotopic (exact) mass is 282 g/mol. The maximum Gasteiger partial charge on any atom is 0.337 e. The Hall–Kier alpha value is -2.49. The maximum atomic E-state index is 11.2. The topological polar surface area (TPSA) is 75.3 Å². The largest absolute Gasteiger partial charge is 0.478 e. The van der Waals surface area contributed by atoms with Gasteiger partial charge in [-0.15, -0.1) is 0 Å². The van der Waals surface area contributed by atoms with E-state index in [1.165, 1.54) is 24.0 Å². The molecule has 0 amide bonds. The first kappa shape index (κ1) is 13.5. The Morgan fingerprint density at radius 1 is 1.14 bits per heavy atom. The lowest BCUT2D eigenvalue weighted by atomic mass is 9.90. The molecule has 2 aromatic rings. The van der Waals surface area contributed by atoms with E-state index in [9.17, 15) is 4.79 Å². The molecule has 0 radical (unpaired) electrons. The average Bonchev–Trinajstić information content (AvgIpc) is 2.49. The summed E-state index contributed by atoms with van der Waals surface area (Å²) in [5.74, 6) is -1.01. The van der Waals surface area contributed by atoms with E-state index < -0.39 is 5.97 Å². The molecule has 0 saturated carbocycles. The molecular weight excluding hydrogens is 264 g/mol. The summed E-state index contributed by atoms with van der Waals surface area (Å²) in [5, 5.41) is 12.5. The van der Waals surface area contributed by atoms with Gasteiger partial charge < -0.3 is 16.2 Å². The molecule has 0 spiro atoms. The fourth-order valence-corrected chi connectivity index (χ4v) is 2.87. The van der Waals surface area contributed by atoms with Crippen LogP contribution in [-0.4, -0.2) is 11.1 Å². The van der Waals surface area contributed by atoms with Crippen LogP contribution in [0.4, 0.5) is 17.1 Å². The first-order valence-electron chi connectivity index (χ1n) is 7.16. The van der Waals surface area contributed by atoms with Gasteiger partial charge in [-0.05, 0) is 61.1 Å². The van der Waals surface area contributed by atoms with Gasteiger partial charge >= 0.3 is 5.97 Å². The minimum Gasteiger partial charge on any atom is -0.478 e. The van der Waals surface area contributed by atoms with E-state index in [-0.39, 0.29) is 11.3 Å². The van der Waals surface area contributed by atoms with Crippen molar-refractivity contribution in [3.8, 4) is 0 Å². The second-order valence-corrected chi connectivity index (χ2v) is 5.38. The van der Waals surface area contributed by atoms with Gasteiger partial charge in [-0.2, -0.15) is 0 Å². The van der Waals surface area contributed by atoms with Crippen molar-refractivity contribution in [2.75, 3.05) is 11.1 Å². The predicted octanol–water partition coefficient (Wildman–Crippen LogP) is 3.59. The summed E-state index contributed by atoms with van der Waals surface area (Å²) in [6.07, 6.45) is 4.63. The molecule has 0 heterocycles. The van der Waals surface area contributed by atoms with Crippen LogP contribution in [0.2, 0.25) is 0 Å². The van der Waals surface area contributed by atoms with E-state index in [1.54, 1.807) is 12.1 Å². The Morgan fingerprint density at radius 2 is 1.95 bits per heavy atom. The Bertz CT molecular complexity index is 695. The van der Waals surface area contributed by atoms with Gasteiger partial charge in [0.25, 0.3) is 0 Å². The quantitative estimate of drug-likeness (QED) is 0.752. The van der Waals surface area contributed by atoms with Crippen molar-refractivity contribution in [1.82, 2.24) is 0 Å². The van der Waals surface area contributed by atoms with Gasteiger partial charge in [-0.3, -0.25) is 0 Å². The molecule has 2 aromatic carbocycles. The minimum atomic E-state index is -1.01. The van der Waals surface area contributed by atoms with Crippen molar-refractivity contribution < 1.29 is 9.90 Å². The van der Waals surface area contributed by atoms with Gasteiger partial charge in [0, 0.05) is 17.1 Å². The van der Waals surface area contributed by atoms with Crippen molar-refractivity contribution in [2.24, 2.45) is 0 Å². The summed E-state index contributed by atoms with van der Waals surface area (Å²) in [5.41, 5.74) is 10.6. The molecular formula is C17H18N2O2. The summed E-state index contributed by atoms with van der Waals surface area (Å²) in [7, 11) is 0. The highest BCUT2D eigenvalue weighted by Crippen LogP contribution is 2.30. The molecule has 108 valence electrons. The summed E-state index contributed by atoms with van der Waals surface area (Å²) in [6.45, 7) is 0. The van der Waals surface area contributed by atoms with Crippen molar-refractivity contribution in [1.29, 1.82) is 0 Å². The highest BCUT2D eigenvalue weighted by Gasteiger charge is 2.14. The van der Waals surface area contributed by atoms with Crippen LogP contribution in [0, 0.1) is 0 Å². The molecule has 4 heteroatoms. The lowest BCUT2D eigenvalue weighted by Crippen LogP contribution is -2.07. The zero-order valence-corrected chi connectivity index (χ0v) is 11.7. The Kier molecular flexibility index (Phi) is 3.52. The number of hydrogen-bond acceptors (Lipinski definition) is 3. The number of hydrogen-bond donors (Lipinski definition) is 3. The Morgan fingerprint density at radius 3 is 2.76 bits per heavy atom. The van der Waals surface area contributed by atoms with Gasteiger partial charge in [0.15, 0.2) is 0 Å². The lowest BCUT2D eigenvalue weighted by Gasteiger charge is -2.20. The number of benzene rings is 2. The van der Waals surface area contributed by atoms with Crippen LogP contribution in [0.5, 0.6) is 0 Å². The van der Waals surface area contributed by atoms with E-state index in [2.05, 4.69) is 11.4 Å². The van der Waals surface area contributed by atoms with Gasteiger partial charge in [-0.25, -0.2) is 4.79 Å². The fraction of sp³-hybridized carbons (Fsp3) is 0.235. The van der Waals surface area contributed by atoms with Crippen molar-refractivity contribution >= 4 is 23.0 Å². The highest BCUT2D eigenvalue weighted by molar-refractivity contribution is 5.95. The SMILES string of the molecule is Nc1ccc(Nc2cccc3c2CCCC3)cc1C(=O)O. The molecule has 0 aliphatic heterocycles. The fourth-order valence-electron chi connectivity index (χ4n) is 2.87. The number of carboxylic acids is 1. The third-order valence-corrected chi connectivity index (χ3v) is 3.96. The van der Waals surface area contributed by atoms with E-state index in [4.69, 9.17) is 10.8 Å². The van der Waals surface area contributed by atoms with Crippen LogP contribution in [0.3, 0.4) is 0 Å². The normalized spacial score (nSPS) is 13.5. The molecule has 4 nitrogen and oxygen atoms in total. The number of carbonyl (C=O) groups is 1. The van der Waals surface area contributed by atoms with Crippen molar-refractivity contribution in [3.63, 3.8) is 0 Å². The second kappa shape index (κ2) is 5.48. The van der Waals surface area contributed by atoms with Gasteiger partial charge in [0.05, 0.1) is 5.56 Å². The lowest BCUT2D eigenvalue weighted by molar-refractivity contribution is 0.0698. The van der Waals surface area contributed by atoms with Gasteiger partial charge in [0.1, 0.15) is 0 Å². The van der Waals surface area contributed by atoms with Crippen LogP contribution < -0.4 is 11.1 Å². The summed E-state index contributed by atoms with van der Waals surface area (Å²) < 4.78 is 0. The number of aryl methyl sites for hydroxylation is 1. The van der Waals surface area contributed by atoms with Crippen molar-refractivity contribution in [3.05, 3.63) is 53.1 Å². The summed E-state index contributed by atoms with van der Waals surface area (Å²) >= 11 is 0. The maximum absolute atomic E-state index is 11.2. The number of nitrogens with two attached hydrogens (primary N) is 1. The molecule has 0 atom stereocenters. The van der Waals surface area contributed by atoms with Crippen LogP contribution >= 0.6 is 0 Å². The number of aromatic carboxylic acids is 1. The van der Waals surface area contributed by atoms with Gasteiger partial charge in [-0.1, -0.05) is 12.1 Å². The average molecular weight is 282 g/mol. The number of anilines is 3. The standard InChI is InChI=1S/C17H18N2O2/c18-15-9-8-12(10-14(15)17(20)21)19-16-7-3-5-11-4-1-2-6-13(11)16/h3,5,7-10,19H,1-2,4,6,18H2,(H,20,21). The zero-order valence-electron chi connectivity index (χ0n) is 11.7. The van der Waals surface area contributed by atoms with Crippen LogP contribution in [-0.2, 0) is 12.8 Å². The highest BCUT2D eigenvalue weighted by atomic mass is 16.4. The Labute approximate surface area is 123 Å². The van der Waals surface area contributed by atoms with E-state index >= 15 is 0 Å². The Balaban J connectivity index is 1.94. The number of nitrogens with one attached hydrogen (secondary N) is 1. The smallest absolute Gasteiger partial charge is 0.337 e. The number of fused-ring (bicyclic) bond motifs is 1. The van der Waals surface area contributed by atoms with Crippen LogP contribution in [0.15, 0.2) is 36.4 Å². The number of nitrogen functional groups attached to an aromatic ring is 1. The first-order valence-corrected chi connectivity index (χ1v) is 7.16. The summed E-state index contributed by atoms with van der Waals surface area (Å²) in [6, 6.07) is 11.3. The zero-order chi connectivity index (χ0) is 14.8. The van der Waals surface area contributed by atoms with E-state index in [0.717, 1.165) is 24.2 Å². The molecule has 0 fully saturated rings. The molecule has 1 aliphatic rings.